The van der Waals surface area contributed by atoms with Crippen LogP contribution < -0.4 is 0 Å². The van der Waals surface area contributed by atoms with Crippen LogP contribution in [0.15, 0.2) is 109 Å². The Labute approximate surface area is 178 Å². The third-order valence-corrected chi connectivity index (χ3v) is 5.53. The Morgan fingerprint density at radius 3 is 1.20 bits per heavy atom. The van der Waals surface area contributed by atoms with Gasteiger partial charge in [-0.3, -0.25) is 0 Å². The standard InChI is InChI=1S/C30H22/c1-3-11-25-19-21-27(29(25)13-5-1)17-15-23-9-7-8-10-24(23)16-18-28-22-20-26-12-4-2-6-14-30(26)28/h1-22H/b17-15+,18-16+. The minimum atomic E-state index is 1.21. The smallest absolute Gasteiger partial charge is 0.0111 e. The highest BCUT2D eigenvalue weighted by molar-refractivity contribution is 5.87. The fraction of sp³-hybridized carbons (Fsp3) is 0. The zero-order valence-corrected chi connectivity index (χ0v) is 16.7. The van der Waals surface area contributed by atoms with Gasteiger partial charge in [0, 0.05) is 0 Å². The molecule has 0 aromatic heterocycles. The Morgan fingerprint density at radius 1 is 0.300 bits per heavy atom. The van der Waals surface area contributed by atoms with Gasteiger partial charge in [-0.05, 0) is 44.5 Å². The summed E-state index contributed by atoms with van der Waals surface area (Å²) in [6.45, 7) is 0. The second-order valence-corrected chi connectivity index (χ2v) is 7.43. The summed E-state index contributed by atoms with van der Waals surface area (Å²) in [5.41, 5.74) is 10.0. The van der Waals surface area contributed by atoms with Gasteiger partial charge >= 0.3 is 0 Å². The van der Waals surface area contributed by atoms with Crippen molar-refractivity contribution in [2.75, 3.05) is 0 Å². The maximum atomic E-state index is 2.22. The van der Waals surface area contributed by atoms with Crippen LogP contribution in [0, 0.1) is 0 Å². The lowest BCUT2D eigenvalue weighted by molar-refractivity contribution is 1.62. The molecule has 0 nitrogen and oxygen atoms in total. The van der Waals surface area contributed by atoms with Crippen molar-refractivity contribution in [1.82, 2.24) is 0 Å². The van der Waals surface area contributed by atoms with E-state index in [2.05, 4.69) is 133 Å². The zero-order valence-electron chi connectivity index (χ0n) is 16.7. The molecule has 0 atom stereocenters. The topological polar surface area (TPSA) is 0 Å². The van der Waals surface area contributed by atoms with E-state index in [-0.39, 0.29) is 0 Å². The molecule has 0 heteroatoms. The molecule has 0 amide bonds. The Morgan fingerprint density at radius 2 is 0.700 bits per heavy atom. The van der Waals surface area contributed by atoms with Crippen molar-refractivity contribution in [2.45, 2.75) is 0 Å². The summed E-state index contributed by atoms with van der Waals surface area (Å²) in [5, 5.41) is 0. The first-order valence-corrected chi connectivity index (χ1v) is 10.3. The summed E-state index contributed by atoms with van der Waals surface area (Å²) >= 11 is 0. The van der Waals surface area contributed by atoms with Gasteiger partial charge in [-0.1, -0.05) is 133 Å². The van der Waals surface area contributed by atoms with E-state index in [1.165, 1.54) is 44.5 Å². The second-order valence-electron chi connectivity index (χ2n) is 7.43. The molecular formula is C30H22. The van der Waals surface area contributed by atoms with E-state index >= 15 is 0 Å². The van der Waals surface area contributed by atoms with Crippen LogP contribution in [0.1, 0.15) is 22.3 Å². The monoisotopic (exact) mass is 382 g/mol. The second kappa shape index (κ2) is 8.23. The summed E-state index contributed by atoms with van der Waals surface area (Å²) < 4.78 is 0. The van der Waals surface area contributed by atoms with Crippen molar-refractivity contribution in [3.63, 3.8) is 0 Å². The van der Waals surface area contributed by atoms with Gasteiger partial charge in [-0.25, -0.2) is 0 Å². The highest BCUT2D eigenvalue weighted by atomic mass is 14.1. The lowest BCUT2D eigenvalue weighted by atomic mass is 10.0. The van der Waals surface area contributed by atoms with Crippen LogP contribution in [0.2, 0.25) is 0 Å². The highest BCUT2D eigenvalue weighted by Gasteiger charge is 2.06. The van der Waals surface area contributed by atoms with Gasteiger partial charge in [-0.15, -0.1) is 0 Å². The van der Waals surface area contributed by atoms with Gasteiger partial charge in [0.15, 0.2) is 0 Å². The van der Waals surface area contributed by atoms with Crippen molar-refractivity contribution in [1.29, 1.82) is 0 Å². The first-order chi connectivity index (χ1) is 14.9. The molecule has 0 aliphatic heterocycles. The summed E-state index contributed by atoms with van der Waals surface area (Å²) in [6, 6.07) is 38.5. The predicted octanol–water partition coefficient (Wildman–Crippen LogP) is 8.24. The molecule has 5 rings (SSSR count). The van der Waals surface area contributed by atoms with Gasteiger partial charge in [0.2, 0.25) is 0 Å². The van der Waals surface area contributed by atoms with E-state index in [0.29, 0.717) is 0 Å². The van der Waals surface area contributed by atoms with Crippen molar-refractivity contribution in [3.05, 3.63) is 131 Å². The molecule has 0 N–H and O–H groups in total. The zero-order chi connectivity index (χ0) is 20.2. The van der Waals surface area contributed by atoms with Crippen molar-refractivity contribution in [2.24, 2.45) is 0 Å². The molecular weight excluding hydrogens is 360 g/mol. The molecule has 4 aliphatic rings. The Bertz CT molecular complexity index is 1190. The largest absolute Gasteiger partial charge is 0.0622 e. The minimum absolute atomic E-state index is 1.21. The van der Waals surface area contributed by atoms with E-state index in [0.717, 1.165) is 0 Å². The Hall–Kier alpha value is -3.90. The number of rotatable bonds is 4. The van der Waals surface area contributed by atoms with Gasteiger partial charge in [0.1, 0.15) is 0 Å². The molecule has 0 spiro atoms. The van der Waals surface area contributed by atoms with Gasteiger partial charge in [0.25, 0.3) is 0 Å². The third kappa shape index (κ3) is 3.68. The molecule has 30 heavy (non-hydrogen) atoms. The van der Waals surface area contributed by atoms with E-state index < -0.39 is 0 Å². The molecule has 0 radical (unpaired) electrons. The highest BCUT2D eigenvalue weighted by Crippen LogP contribution is 2.30. The van der Waals surface area contributed by atoms with Crippen molar-refractivity contribution < 1.29 is 0 Å². The fourth-order valence-electron chi connectivity index (χ4n) is 3.94. The van der Waals surface area contributed by atoms with Crippen molar-refractivity contribution in [3.8, 4) is 22.3 Å². The number of fused-ring (bicyclic) bond motifs is 2. The summed E-state index contributed by atoms with van der Waals surface area (Å²) in [7, 11) is 0. The van der Waals surface area contributed by atoms with Crippen LogP contribution in [0.5, 0.6) is 0 Å². The third-order valence-electron chi connectivity index (χ3n) is 5.53. The molecule has 0 bridgehead atoms. The van der Waals surface area contributed by atoms with Crippen LogP contribution in [0.4, 0.5) is 0 Å². The quantitative estimate of drug-likeness (QED) is 0.293. The van der Waals surface area contributed by atoms with Crippen LogP contribution in [-0.2, 0) is 0 Å². The number of benzene rings is 1. The van der Waals surface area contributed by atoms with Crippen LogP contribution in [-0.4, -0.2) is 0 Å². The van der Waals surface area contributed by atoms with Crippen LogP contribution in [0.3, 0.4) is 0 Å². The molecule has 1 aromatic rings. The molecule has 1 aromatic carbocycles. The first kappa shape index (κ1) is 18.1. The lowest BCUT2D eigenvalue weighted by Crippen LogP contribution is -1.80. The first-order valence-electron chi connectivity index (χ1n) is 10.3. The molecule has 0 fully saturated rings. The normalized spacial score (nSPS) is 11.7. The van der Waals surface area contributed by atoms with E-state index in [9.17, 15) is 0 Å². The van der Waals surface area contributed by atoms with E-state index in [4.69, 9.17) is 0 Å². The summed E-state index contributed by atoms with van der Waals surface area (Å²) in [5.74, 6) is 0. The van der Waals surface area contributed by atoms with Gasteiger partial charge < -0.3 is 0 Å². The molecule has 142 valence electrons. The van der Waals surface area contributed by atoms with E-state index in [1.807, 2.05) is 0 Å². The Balaban J connectivity index is 1.45. The van der Waals surface area contributed by atoms with Crippen LogP contribution >= 0.6 is 0 Å². The average molecular weight is 383 g/mol. The van der Waals surface area contributed by atoms with Gasteiger partial charge in [0.05, 0.1) is 0 Å². The van der Waals surface area contributed by atoms with Gasteiger partial charge in [-0.2, -0.15) is 0 Å². The molecule has 4 aliphatic carbocycles. The SMILES string of the molecule is C(=C\c1ccc2cccccc1-2)/c1ccccc1/C=C/c1ccc2cccccc1-2. The molecule has 0 heterocycles. The predicted molar refractivity (Wildman–Crippen MR) is 130 cm³/mol. The fourth-order valence-corrected chi connectivity index (χ4v) is 3.94. The summed E-state index contributed by atoms with van der Waals surface area (Å²) in [4.78, 5) is 0. The van der Waals surface area contributed by atoms with Crippen molar-refractivity contribution >= 4 is 24.3 Å². The molecule has 0 saturated carbocycles. The number of hydrogen-bond acceptors (Lipinski definition) is 0. The maximum Gasteiger partial charge on any atom is -0.0111 e. The average Bonchev–Trinajstić information content (AvgIpc) is 3.14. The number of hydrogen-bond donors (Lipinski definition) is 0. The van der Waals surface area contributed by atoms with Crippen LogP contribution in [0.25, 0.3) is 46.6 Å². The molecule has 0 unspecified atom stereocenters. The van der Waals surface area contributed by atoms with E-state index in [1.54, 1.807) is 0 Å². The minimum Gasteiger partial charge on any atom is -0.0622 e. The molecule has 0 saturated heterocycles. The summed E-state index contributed by atoms with van der Waals surface area (Å²) in [6.07, 6.45) is 8.86. The maximum absolute atomic E-state index is 2.22. The Kier molecular flexibility index (Phi) is 4.98. The lowest BCUT2D eigenvalue weighted by Gasteiger charge is -2.02.